The molecule has 1 N–H and O–H groups in total. The van der Waals surface area contributed by atoms with Gasteiger partial charge in [-0.3, -0.25) is 0 Å². The molecule has 0 aliphatic carbocycles. The van der Waals surface area contributed by atoms with Gasteiger partial charge in [0.15, 0.2) is 11.5 Å². The molecule has 1 atom stereocenters. The van der Waals surface area contributed by atoms with E-state index in [1.54, 1.807) is 0 Å². The van der Waals surface area contributed by atoms with Gasteiger partial charge in [0.05, 0.1) is 5.02 Å². The van der Waals surface area contributed by atoms with E-state index < -0.39 is 0 Å². The first-order valence-electron chi connectivity index (χ1n) is 7.77. The fourth-order valence-electron chi connectivity index (χ4n) is 3.05. The predicted molar refractivity (Wildman–Crippen MR) is 84.4 cm³/mol. The SMILES string of the molecule is CCN1CC[C@H](CNCc2cc(Cl)c3c(c2)OCCO3)C1. The zero-order valence-electron chi connectivity index (χ0n) is 12.5. The van der Waals surface area contributed by atoms with Crippen LogP contribution in [0.4, 0.5) is 0 Å². The van der Waals surface area contributed by atoms with Crippen LogP contribution in [-0.4, -0.2) is 44.3 Å². The molecule has 0 spiro atoms. The monoisotopic (exact) mass is 310 g/mol. The van der Waals surface area contributed by atoms with Crippen LogP contribution < -0.4 is 14.8 Å². The van der Waals surface area contributed by atoms with E-state index >= 15 is 0 Å². The molecule has 0 saturated carbocycles. The largest absolute Gasteiger partial charge is 0.486 e. The van der Waals surface area contributed by atoms with Crippen molar-refractivity contribution in [2.24, 2.45) is 5.92 Å². The van der Waals surface area contributed by atoms with E-state index in [2.05, 4.69) is 17.1 Å². The molecule has 4 nitrogen and oxygen atoms in total. The molecule has 1 fully saturated rings. The van der Waals surface area contributed by atoms with E-state index in [9.17, 15) is 0 Å². The zero-order valence-corrected chi connectivity index (χ0v) is 13.3. The van der Waals surface area contributed by atoms with Crippen molar-refractivity contribution in [2.45, 2.75) is 19.9 Å². The maximum absolute atomic E-state index is 6.25. The maximum Gasteiger partial charge on any atom is 0.179 e. The minimum Gasteiger partial charge on any atom is -0.486 e. The molecule has 1 aromatic rings. The van der Waals surface area contributed by atoms with Gasteiger partial charge in [-0.25, -0.2) is 0 Å². The summed E-state index contributed by atoms with van der Waals surface area (Å²) in [6.45, 7) is 8.88. The molecule has 21 heavy (non-hydrogen) atoms. The second-order valence-electron chi connectivity index (χ2n) is 5.78. The Balaban J connectivity index is 1.53. The Kier molecular flexibility index (Phi) is 4.88. The van der Waals surface area contributed by atoms with Gasteiger partial charge < -0.3 is 19.7 Å². The van der Waals surface area contributed by atoms with E-state index in [1.807, 2.05) is 12.1 Å². The minimum atomic E-state index is 0.569. The van der Waals surface area contributed by atoms with Crippen LogP contribution >= 0.6 is 11.6 Å². The molecular weight excluding hydrogens is 288 g/mol. The molecule has 2 aliphatic heterocycles. The number of hydrogen-bond donors (Lipinski definition) is 1. The van der Waals surface area contributed by atoms with Crippen molar-refractivity contribution in [2.75, 3.05) is 39.4 Å². The average molecular weight is 311 g/mol. The van der Waals surface area contributed by atoms with Gasteiger partial charge >= 0.3 is 0 Å². The molecular formula is C16H23ClN2O2. The molecule has 0 aromatic heterocycles. The number of nitrogens with one attached hydrogen (secondary N) is 1. The Hall–Kier alpha value is -0.970. The summed E-state index contributed by atoms with van der Waals surface area (Å²) in [5, 5.41) is 4.18. The molecule has 0 amide bonds. The quantitative estimate of drug-likeness (QED) is 0.906. The van der Waals surface area contributed by atoms with Crippen molar-refractivity contribution >= 4 is 11.6 Å². The Labute approximate surface area is 131 Å². The topological polar surface area (TPSA) is 33.7 Å². The smallest absolute Gasteiger partial charge is 0.179 e. The molecule has 1 saturated heterocycles. The molecule has 5 heteroatoms. The van der Waals surface area contributed by atoms with Crippen molar-refractivity contribution in [3.63, 3.8) is 0 Å². The summed E-state index contributed by atoms with van der Waals surface area (Å²) >= 11 is 6.25. The molecule has 2 aliphatic rings. The van der Waals surface area contributed by atoms with Crippen LogP contribution in [0.3, 0.4) is 0 Å². The number of hydrogen-bond acceptors (Lipinski definition) is 4. The van der Waals surface area contributed by atoms with Crippen LogP contribution in [0.5, 0.6) is 11.5 Å². The van der Waals surface area contributed by atoms with Gasteiger partial charge in [0, 0.05) is 13.1 Å². The minimum absolute atomic E-state index is 0.569. The summed E-state index contributed by atoms with van der Waals surface area (Å²) in [6.07, 6.45) is 1.29. The maximum atomic E-state index is 6.25. The number of likely N-dealkylation sites (tertiary alicyclic amines) is 1. The normalized spacial score (nSPS) is 21.7. The van der Waals surface area contributed by atoms with Crippen LogP contribution in [0.1, 0.15) is 18.9 Å². The van der Waals surface area contributed by atoms with Crippen LogP contribution in [0, 0.1) is 5.92 Å². The molecule has 0 unspecified atom stereocenters. The zero-order chi connectivity index (χ0) is 14.7. The van der Waals surface area contributed by atoms with Gasteiger partial charge in [-0.1, -0.05) is 18.5 Å². The van der Waals surface area contributed by atoms with Gasteiger partial charge in [-0.2, -0.15) is 0 Å². The molecule has 1 aromatic carbocycles. The van der Waals surface area contributed by atoms with Gasteiger partial charge in [0.1, 0.15) is 13.2 Å². The molecule has 116 valence electrons. The average Bonchev–Trinajstić information content (AvgIpc) is 2.95. The van der Waals surface area contributed by atoms with Crippen LogP contribution in [0.25, 0.3) is 0 Å². The number of rotatable bonds is 5. The summed E-state index contributed by atoms with van der Waals surface area (Å²) in [5.41, 5.74) is 1.15. The lowest BCUT2D eigenvalue weighted by atomic mass is 10.1. The molecule has 3 rings (SSSR count). The second kappa shape index (κ2) is 6.86. The fourth-order valence-corrected chi connectivity index (χ4v) is 3.34. The number of halogens is 1. The van der Waals surface area contributed by atoms with Gasteiger partial charge in [-0.05, 0) is 49.7 Å². The summed E-state index contributed by atoms with van der Waals surface area (Å²) in [5.74, 6) is 2.21. The van der Waals surface area contributed by atoms with E-state index in [0.29, 0.717) is 24.0 Å². The third-order valence-electron chi connectivity index (χ3n) is 4.24. The van der Waals surface area contributed by atoms with Gasteiger partial charge in [0.25, 0.3) is 0 Å². The van der Waals surface area contributed by atoms with Crippen molar-refractivity contribution < 1.29 is 9.47 Å². The summed E-state index contributed by atoms with van der Waals surface area (Å²) < 4.78 is 11.1. The third kappa shape index (κ3) is 3.62. The lowest BCUT2D eigenvalue weighted by Gasteiger charge is -2.20. The summed E-state index contributed by atoms with van der Waals surface area (Å²) in [6, 6.07) is 4.00. The molecule has 2 heterocycles. The first kappa shape index (κ1) is 14.9. The highest BCUT2D eigenvalue weighted by molar-refractivity contribution is 6.32. The van der Waals surface area contributed by atoms with Crippen molar-refractivity contribution in [3.05, 3.63) is 22.7 Å². The van der Waals surface area contributed by atoms with E-state index in [1.165, 1.54) is 19.5 Å². The number of nitrogens with zero attached hydrogens (tertiary/aromatic N) is 1. The van der Waals surface area contributed by atoms with Crippen LogP contribution in [0.15, 0.2) is 12.1 Å². The number of ether oxygens (including phenoxy) is 2. The van der Waals surface area contributed by atoms with Gasteiger partial charge in [-0.15, -0.1) is 0 Å². The molecule has 0 radical (unpaired) electrons. The Morgan fingerprint density at radius 1 is 1.33 bits per heavy atom. The van der Waals surface area contributed by atoms with E-state index in [0.717, 1.165) is 36.9 Å². The number of fused-ring (bicyclic) bond motifs is 1. The highest BCUT2D eigenvalue weighted by Gasteiger charge is 2.21. The van der Waals surface area contributed by atoms with Gasteiger partial charge in [0.2, 0.25) is 0 Å². The third-order valence-corrected chi connectivity index (χ3v) is 4.52. The van der Waals surface area contributed by atoms with Crippen molar-refractivity contribution in [1.29, 1.82) is 0 Å². The first-order chi connectivity index (χ1) is 10.3. The fraction of sp³-hybridized carbons (Fsp3) is 0.625. The van der Waals surface area contributed by atoms with Crippen LogP contribution in [-0.2, 0) is 6.54 Å². The number of benzene rings is 1. The Bertz CT molecular complexity index is 495. The lowest BCUT2D eigenvalue weighted by Crippen LogP contribution is -2.26. The lowest BCUT2D eigenvalue weighted by molar-refractivity contribution is 0.171. The van der Waals surface area contributed by atoms with Crippen molar-refractivity contribution in [1.82, 2.24) is 10.2 Å². The highest BCUT2D eigenvalue weighted by atomic mass is 35.5. The second-order valence-corrected chi connectivity index (χ2v) is 6.19. The molecule has 0 bridgehead atoms. The van der Waals surface area contributed by atoms with E-state index in [4.69, 9.17) is 21.1 Å². The standard InChI is InChI=1S/C16H23ClN2O2/c1-2-19-4-3-12(11-19)9-18-10-13-7-14(17)16-15(8-13)20-5-6-21-16/h7-8,12,18H,2-6,9-11H2,1H3/t12-/m1/s1. The van der Waals surface area contributed by atoms with E-state index in [-0.39, 0.29) is 0 Å². The van der Waals surface area contributed by atoms with Crippen LogP contribution in [0.2, 0.25) is 5.02 Å². The Morgan fingerprint density at radius 3 is 3.00 bits per heavy atom. The highest BCUT2D eigenvalue weighted by Crippen LogP contribution is 2.38. The first-order valence-corrected chi connectivity index (χ1v) is 8.15. The summed E-state index contributed by atoms with van der Waals surface area (Å²) in [7, 11) is 0. The summed E-state index contributed by atoms with van der Waals surface area (Å²) in [4.78, 5) is 2.51. The van der Waals surface area contributed by atoms with Crippen molar-refractivity contribution in [3.8, 4) is 11.5 Å². The Morgan fingerprint density at radius 2 is 2.19 bits per heavy atom. The predicted octanol–water partition coefficient (Wildman–Crippen LogP) is 2.54.